The number of nitrogens with one attached hydrogen (secondary N) is 1. The molecule has 1 N–H and O–H groups in total. The molecular weight excluding hydrogens is 320 g/mol. The van der Waals surface area contributed by atoms with E-state index in [2.05, 4.69) is 108 Å². The predicted octanol–water partition coefficient (Wildman–Crippen LogP) is 1.80. The Bertz CT molecular complexity index is 663. The lowest BCUT2D eigenvalue weighted by Crippen LogP contribution is -2.76. The van der Waals surface area contributed by atoms with Gasteiger partial charge in [0, 0.05) is 13.1 Å². The van der Waals surface area contributed by atoms with Crippen LogP contribution < -0.4 is 20.9 Å². The molecule has 3 heteroatoms. The molecule has 0 aromatic heterocycles. The van der Waals surface area contributed by atoms with Gasteiger partial charge in [0.2, 0.25) is 8.24 Å². The summed E-state index contributed by atoms with van der Waals surface area (Å²) in [7, 11) is 2.02. The van der Waals surface area contributed by atoms with E-state index in [1.165, 1.54) is 15.6 Å². The molecule has 0 aliphatic rings. The fourth-order valence-corrected chi connectivity index (χ4v) is 8.44. The average Bonchev–Trinajstić information content (AvgIpc) is 2.69. The Labute approximate surface area is 152 Å². The Balaban J connectivity index is 2.28. The van der Waals surface area contributed by atoms with Gasteiger partial charge in [-0.15, -0.1) is 0 Å². The Morgan fingerprint density at radius 3 is 1.36 bits per heavy atom. The molecule has 2 nitrogen and oxygen atoms in total. The molecule has 0 aliphatic heterocycles. The van der Waals surface area contributed by atoms with Crippen molar-refractivity contribution >= 4 is 23.8 Å². The van der Waals surface area contributed by atoms with Gasteiger partial charge in [-0.05, 0) is 29.7 Å². The SMILES string of the molecule is CNCCN(C)[Si](c1ccccc1)(c1ccccc1)c1ccccc1. The van der Waals surface area contributed by atoms with Gasteiger partial charge in [-0.25, -0.2) is 0 Å². The van der Waals surface area contributed by atoms with Crippen molar-refractivity contribution in [3.8, 4) is 0 Å². The summed E-state index contributed by atoms with van der Waals surface area (Å²) in [5, 5.41) is 7.57. The molecule has 0 heterocycles. The minimum Gasteiger partial charge on any atom is -0.319 e. The maximum Gasteiger partial charge on any atom is 0.224 e. The normalized spacial score (nSPS) is 11.6. The highest BCUT2D eigenvalue weighted by Gasteiger charge is 2.43. The maximum atomic E-state index is 3.31. The quantitative estimate of drug-likeness (QED) is 0.518. The minimum absolute atomic E-state index is 0.970. The van der Waals surface area contributed by atoms with Gasteiger partial charge in [0.15, 0.2) is 0 Å². The Morgan fingerprint density at radius 1 is 0.680 bits per heavy atom. The standard InChI is InChI=1S/C22H26N2Si/c1-23-18-19-24(2)25(20-12-6-3-7-13-20,21-14-8-4-9-15-21)22-16-10-5-11-17-22/h3-17,23H,18-19H2,1-2H3. The number of rotatable bonds is 7. The van der Waals surface area contributed by atoms with Crippen molar-refractivity contribution in [1.29, 1.82) is 0 Å². The molecule has 0 saturated carbocycles. The van der Waals surface area contributed by atoms with Gasteiger partial charge in [-0.3, -0.25) is 0 Å². The molecule has 0 bridgehead atoms. The highest BCUT2D eigenvalue weighted by Crippen LogP contribution is 2.11. The van der Waals surface area contributed by atoms with E-state index in [4.69, 9.17) is 0 Å². The smallest absolute Gasteiger partial charge is 0.224 e. The van der Waals surface area contributed by atoms with Crippen molar-refractivity contribution in [2.24, 2.45) is 0 Å². The second kappa shape index (κ2) is 8.25. The predicted molar refractivity (Wildman–Crippen MR) is 111 cm³/mol. The van der Waals surface area contributed by atoms with Gasteiger partial charge >= 0.3 is 0 Å². The molecule has 0 saturated heterocycles. The summed E-state index contributed by atoms with van der Waals surface area (Å²) in [6, 6.07) is 33.0. The van der Waals surface area contributed by atoms with Crippen LogP contribution in [0, 0.1) is 0 Å². The summed E-state index contributed by atoms with van der Waals surface area (Å²) < 4.78 is 2.59. The second-order valence-electron chi connectivity index (χ2n) is 6.33. The highest BCUT2D eigenvalue weighted by molar-refractivity contribution is 7.09. The maximum absolute atomic E-state index is 3.31. The molecule has 3 aromatic rings. The van der Waals surface area contributed by atoms with E-state index in [-0.39, 0.29) is 0 Å². The molecule has 0 aliphatic carbocycles. The molecule has 0 radical (unpaired) electrons. The summed E-state index contributed by atoms with van der Waals surface area (Å²) >= 11 is 0. The molecule has 3 aromatic carbocycles. The third-order valence-electron chi connectivity index (χ3n) is 4.84. The first kappa shape index (κ1) is 17.6. The lowest BCUT2D eigenvalue weighted by atomic mass is 10.3. The minimum atomic E-state index is -2.27. The van der Waals surface area contributed by atoms with Crippen LogP contribution in [-0.2, 0) is 0 Å². The van der Waals surface area contributed by atoms with Crippen LogP contribution in [0.2, 0.25) is 0 Å². The number of hydrogen-bond donors (Lipinski definition) is 1. The van der Waals surface area contributed by atoms with Crippen LogP contribution in [0.25, 0.3) is 0 Å². The van der Waals surface area contributed by atoms with E-state index in [1.807, 2.05) is 7.05 Å². The van der Waals surface area contributed by atoms with Crippen LogP contribution in [0.1, 0.15) is 0 Å². The van der Waals surface area contributed by atoms with Crippen LogP contribution in [0.15, 0.2) is 91.0 Å². The first-order chi connectivity index (χ1) is 12.3. The summed E-state index contributed by atoms with van der Waals surface area (Å²) in [5.41, 5.74) is 0. The van der Waals surface area contributed by atoms with Crippen molar-refractivity contribution in [3.63, 3.8) is 0 Å². The summed E-state index contributed by atoms with van der Waals surface area (Å²) in [4.78, 5) is 0. The summed E-state index contributed by atoms with van der Waals surface area (Å²) in [6.45, 7) is 1.97. The molecule has 0 spiro atoms. The first-order valence-electron chi connectivity index (χ1n) is 8.82. The summed E-state index contributed by atoms with van der Waals surface area (Å²) in [6.07, 6.45) is 0. The third-order valence-corrected chi connectivity index (χ3v) is 9.72. The van der Waals surface area contributed by atoms with Gasteiger partial charge < -0.3 is 9.88 Å². The molecule has 3 rings (SSSR count). The monoisotopic (exact) mass is 346 g/mol. The van der Waals surface area contributed by atoms with Gasteiger partial charge in [-0.2, -0.15) is 0 Å². The van der Waals surface area contributed by atoms with Crippen LogP contribution >= 0.6 is 0 Å². The van der Waals surface area contributed by atoms with E-state index in [9.17, 15) is 0 Å². The lowest BCUT2D eigenvalue weighted by Gasteiger charge is -2.41. The van der Waals surface area contributed by atoms with E-state index in [1.54, 1.807) is 0 Å². The number of hydrogen-bond acceptors (Lipinski definition) is 2. The van der Waals surface area contributed by atoms with Crippen LogP contribution in [0.3, 0.4) is 0 Å². The number of benzene rings is 3. The van der Waals surface area contributed by atoms with Crippen LogP contribution in [0.5, 0.6) is 0 Å². The summed E-state index contributed by atoms with van der Waals surface area (Å²) in [5.74, 6) is 0. The fourth-order valence-electron chi connectivity index (χ4n) is 3.65. The van der Waals surface area contributed by atoms with Gasteiger partial charge in [0.1, 0.15) is 0 Å². The van der Waals surface area contributed by atoms with Crippen molar-refractivity contribution in [2.75, 3.05) is 27.2 Å². The topological polar surface area (TPSA) is 15.3 Å². The molecular formula is C22H26N2Si. The Hall–Kier alpha value is -2.20. The molecule has 0 unspecified atom stereocenters. The second-order valence-corrected chi connectivity index (χ2v) is 10.2. The zero-order valence-corrected chi connectivity index (χ0v) is 16.0. The zero-order chi connectivity index (χ0) is 17.5. The van der Waals surface area contributed by atoms with Crippen molar-refractivity contribution in [2.45, 2.75) is 0 Å². The van der Waals surface area contributed by atoms with E-state index in [0.717, 1.165) is 13.1 Å². The molecule has 0 amide bonds. The average molecular weight is 347 g/mol. The van der Waals surface area contributed by atoms with Crippen LogP contribution in [-0.4, -0.2) is 40.0 Å². The van der Waals surface area contributed by atoms with E-state index in [0.29, 0.717) is 0 Å². The van der Waals surface area contributed by atoms with Crippen molar-refractivity contribution in [3.05, 3.63) is 91.0 Å². The Kier molecular flexibility index (Phi) is 5.82. The largest absolute Gasteiger partial charge is 0.319 e. The molecule has 25 heavy (non-hydrogen) atoms. The van der Waals surface area contributed by atoms with Crippen molar-refractivity contribution < 1.29 is 0 Å². The number of nitrogens with zero attached hydrogens (tertiary/aromatic N) is 1. The van der Waals surface area contributed by atoms with Crippen molar-refractivity contribution in [1.82, 2.24) is 9.88 Å². The van der Waals surface area contributed by atoms with Gasteiger partial charge in [-0.1, -0.05) is 91.0 Å². The van der Waals surface area contributed by atoms with E-state index < -0.39 is 8.24 Å². The molecule has 0 atom stereocenters. The van der Waals surface area contributed by atoms with Gasteiger partial charge in [0.25, 0.3) is 0 Å². The highest BCUT2D eigenvalue weighted by atomic mass is 28.3. The molecule has 0 fully saturated rings. The zero-order valence-electron chi connectivity index (χ0n) is 15.0. The number of likely N-dealkylation sites (N-methyl/N-ethyl adjacent to an activating group) is 2. The molecule has 128 valence electrons. The lowest BCUT2D eigenvalue weighted by molar-refractivity contribution is 0.510. The Morgan fingerprint density at radius 2 is 1.04 bits per heavy atom. The fraction of sp³-hybridized carbons (Fsp3) is 0.182. The first-order valence-corrected chi connectivity index (χ1v) is 10.8. The van der Waals surface area contributed by atoms with Crippen LogP contribution in [0.4, 0.5) is 0 Å². The van der Waals surface area contributed by atoms with Gasteiger partial charge in [0.05, 0.1) is 0 Å². The van der Waals surface area contributed by atoms with E-state index >= 15 is 0 Å². The third kappa shape index (κ3) is 3.44.